The minimum Gasteiger partial charge on any atom is -0.379 e. The van der Waals surface area contributed by atoms with Crippen LogP contribution in [0.4, 0.5) is 0 Å². The molecule has 1 aromatic heterocycles. The molecule has 2 aromatic rings. The maximum Gasteiger partial charge on any atom is 0.239 e. The lowest BCUT2D eigenvalue weighted by molar-refractivity contribution is -0.146. The van der Waals surface area contributed by atoms with Crippen LogP contribution in [0.15, 0.2) is 41.9 Å². The largest absolute Gasteiger partial charge is 0.379 e. The van der Waals surface area contributed by atoms with Gasteiger partial charge in [0, 0.05) is 39.4 Å². The number of aromatic nitrogens is 1. The van der Waals surface area contributed by atoms with E-state index in [1.165, 1.54) is 11.3 Å². The Morgan fingerprint density at radius 1 is 1.13 bits per heavy atom. The summed E-state index contributed by atoms with van der Waals surface area (Å²) < 4.78 is 11.9. The number of likely N-dealkylation sites (tertiary alicyclic amines) is 1. The predicted molar refractivity (Wildman–Crippen MR) is 182 cm³/mol. The topological polar surface area (TPSA) is 127 Å². The number of nitrogens with two attached hydrogens (primary N) is 1. The Labute approximate surface area is 279 Å². The number of thiazole rings is 1. The molecule has 1 aliphatic heterocycles. The van der Waals surface area contributed by atoms with E-state index in [2.05, 4.69) is 24.1 Å². The number of methoxy groups -OCH3 is 2. The molecule has 11 heteroatoms. The smallest absolute Gasteiger partial charge is 0.239 e. The zero-order valence-corrected chi connectivity index (χ0v) is 29.7. The van der Waals surface area contributed by atoms with Crippen molar-refractivity contribution in [2.75, 3.05) is 27.8 Å². The van der Waals surface area contributed by atoms with Crippen LogP contribution in [0.25, 0.3) is 0 Å². The molecule has 3 amide bonds. The zero-order chi connectivity index (χ0) is 34.0. The first kappa shape index (κ1) is 37.6. The van der Waals surface area contributed by atoms with Gasteiger partial charge >= 0.3 is 0 Å². The number of hydrogen-bond donors (Lipinski definition) is 2. The Kier molecular flexibility index (Phi) is 14.6. The van der Waals surface area contributed by atoms with Crippen molar-refractivity contribution in [3.63, 3.8) is 0 Å². The molecule has 2 heterocycles. The molecule has 1 aliphatic rings. The van der Waals surface area contributed by atoms with Crippen molar-refractivity contribution in [2.24, 2.45) is 23.5 Å². The summed E-state index contributed by atoms with van der Waals surface area (Å²) in [6.07, 6.45) is 3.81. The molecule has 0 aliphatic carbocycles. The van der Waals surface area contributed by atoms with Crippen LogP contribution in [0, 0.1) is 17.8 Å². The van der Waals surface area contributed by atoms with Crippen LogP contribution in [-0.2, 0) is 30.3 Å². The van der Waals surface area contributed by atoms with Crippen molar-refractivity contribution < 1.29 is 23.9 Å². The van der Waals surface area contributed by atoms with Crippen molar-refractivity contribution in [3.05, 3.63) is 52.5 Å². The Balaban J connectivity index is 1.75. The van der Waals surface area contributed by atoms with Crippen LogP contribution < -0.4 is 11.1 Å². The highest BCUT2D eigenvalue weighted by atomic mass is 32.1. The van der Waals surface area contributed by atoms with E-state index in [1.54, 1.807) is 32.4 Å². The van der Waals surface area contributed by atoms with Crippen LogP contribution >= 0.6 is 11.3 Å². The van der Waals surface area contributed by atoms with Gasteiger partial charge in [0.15, 0.2) is 0 Å². The summed E-state index contributed by atoms with van der Waals surface area (Å²) in [4.78, 5) is 49.0. The molecular formula is C35H55N5O5S. The lowest BCUT2D eigenvalue weighted by atomic mass is 9.89. The fraction of sp³-hybridized carbons (Fsp3) is 0.657. The SMILES string of the molecule is CCC(C)C(C(CC(=O)N1CCC[C@H]1C(OC)C(C)C(=O)NC(Cc1ccccc1)c1nccs1)OC)N(C)C(=O)C(N)C(C)C. The molecule has 256 valence electrons. The van der Waals surface area contributed by atoms with Gasteiger partial charge in [-0.1, -0.05) is 71.4 Å². The number of amides is 3. The molecule has 46 heavy (non-hydrogen) atoms. The first-order valence-electron chi connectivity index (χ1n) is 16.6. The van der Waals surface area contributed by atoms with Crippen LogP contribution in [0.2, 0.25) is 0 Å². The standard InChI is InChI=1S/C35H55N5O5S/c1-9-23(4)31(39(6)35(43)30(36)22(2)3)28(44-7)21-29(41)40-18-13-16-27(40)32(45-8)24(5)33(42)38-26(34-37-17-19-46-34)20-25-14-11-10-12-15-25/h10-12,14-15,17,19,22-24,26-28,30-32H,9,13,16,18,20-21,36H2,1-8H3,(H,38,42)/t23?,24?,26?,27-,28?,30?,31?,32?/m0/s1. The van der Waals surface area contributed by atoms with E-state index in [0.29, 0.717) is 13.0 Å². The van der Waals surface area contributed by atoms with E-state index in [1.807, 2.05) is 61.4 Å². The van der Waals surface area contributed by atoms with Gasteiger partial charge < -0.3 is 30.3 Å². The third-order valence-electron chi connectivity index (χ3n) is 9.61. The third-order valence-corrected chi connectivity index (χ3v) is 10.5. The minimum atomic E-state index is -0.634. The number of carbonyl (C=O) groups excluding carboxylic acids is 3. The molecule has 1 fully saturated rings. The summed E-state index contributed by atoms with van der Waals surface area (Å²) in [5, 5.41) is 5.98. The van der Waals surface area contributed by atoms with Crippen molar-refractivity contribution in [1.29, 1.82) is 0 Å². The Hall–Kier alpha value is -2.86. The number of carbonyl (C=O) groups is 3. The molecule has 0 bridgehead atoms. The summed E-state index contributed by atoms with van der Waals surface area (Å²) in [5.74, 6) is -0.824. The molecule has 1 aromatic carbocycles. The van der Waals surface area contributed by atoms with Gasteiger partial charge in [0.1, 0.15) is 5.01 Å². The molecule has 8 atom stereocenters. The highest BCUT2D eigenvalue weighted by Gasteiger charge is 2.42. The molecule has 0 radical (unpaired) electrons. The van der Waals surface area contributed by atoms with Crippen LogP contribution in [0.1, 0.15) is 76.9 Å². The number of likely N-dealkylation sites (N-methyl/N-ethyl adjacent to an activating group) is 1. The first-order valence-corrected chi connectivity index (χ1v) is 17.4. The number of nitrogens with one attached hydrogen (secondary N) is 1. The highest BCUT2D eigenvalue weighted by Crippen LogP contribution is 2.30. The van der Waals surface area contributed by atoms with Crippen LogP contribution in [-0.4, -0.2) is 90.7 Å². The normalized spacial score (nSPS) is 19.6. The Morgan fingerprint density at radius 3 is 2.39 bits per heavy atom. The van der Waals surface area contributed by atoms with E-state index in [9.17, 15) is 14.4 Å². The highest BCUT2D eigenvalue weighted by molar-refractivity contribution is 7.09. The van der Waals surface area contributed by atoms with Gasteiger partial charge in [-0.05, 0) is 36.7 Å². The van der Waals surface area contributed by atoms with E-state index in [0.717, 1.165) is 29.8 Å². The summed E-state index contributed by atoms with van der Waals surface area (Å²) in [6.45, 7) is 10.4. The van der Waals surface area contributed by atoms with Crippen molar-refractivity contribution in [3.8, 4) is 0 Å². The Bertz CT molecular complexity index is 1230. The van der Waals surface area contributed by atoms with Gasteiger partial charge in [0.05, 0.1) is 48.7 Å². The van der Waals surface area contributed by atoms with Gasteiger partial charge in [0.25, 0.3) is 0 Å². The fourth-order valence-corrected chi connectivity index (χ4v) is 7.28. The fourth-order valence-electron chi connectivity index (χ4n) is 6.59. The number of ether oxygens (including phenoxy) is 2. The minimum absolute atomic E-state index is 0.0131. The van der Waals surface area contributed by atoms with Gasteiger partial charge in [0.2, 0.25) is 17.7 Å². The van der Waals surface area contributed by atoms with Crippen molar-refractivity contribution >= 4 is 29.1 Å². The van der Waals surface area contributed by atoms with Gasteiger partial charge in [-0.2, -0.15) is 0 Å². The van der Waals surface area contributed by atoms with Gasteiger partial charge in [-0.25, -0.2) is 4.98 Å². The van der Waals surface area contributed by atoms with Gasteiger partial charge in [-0.15, -0.1) is 11.3 Å². The van der Waals surface area contributed by atoms with E-state index in [-0.39, 0.29) is 54.1 Å². The Morgan fingerprint density at radius 2 is 1.83 bits per heavy atom. The predicted octanol–water partition coefficient (Wildman–Crippen LogP) is 4.45. The maximum absolute atomic E-state index is 14.0. The zero-order valence-electron chi connectivity index (χ0n) is 28.8. The monoisotopic (exact) mass is 657 g/mol. The molecule has 0 saturated carbocycles. The number of hydrogen-bond acceptors (Lipinski definition) is 8. The summed E-state index contributed by atoms with van der Waals surface area (Å²) in [5.41, 5.74) is 7.35. The number of rotatable bonds is 17. The lowest BCUT2D eigenvalue weighted by Gasteiger charge is -2.40. The first-order chi connectivity index (χ1) is 21.9. The molecular weight excluding hydrogens is 602 g/mol. The van der Waals surface area contributed by atoms with Crippen LogP contribution in [0.3, 0.4) is 0 Å². The summed E-state index contributed by atoms with van der Waals surface area (Å²) in [7, 11) is 4.95. The quantitative estimate of drug-likeness (QED) is 0.258. The van der Waals surface area contributed by atoms with Crippen molar-refractivity contribution in [2.45, 2.75) is 103 Å². The van der Waals surface area contributed by atoms with E-state index >= 15 is 0 Å². The average molecular weight is 658 g/mol. The second-order valence-corrected chi connectivity index (χ2v) is 13.9. The molecule has 3 rings (SSSR count). The second kappa shape index (κ2) is 17.9. The molecule has 7 unspecified atom stereocenters. The molecule has 0 spiro atoms. The lowest BCUT2D eigenvalue weighted by Crippen LogP contribution is -2.56. The van der Waals surface area contributed by atoms with E-state index < -0.39 is 24.2 Å². The number of nitrogens with zero attached hydrogens (tertiary/aromatic N) is 3. The van der Waals surface area contributed by atoms with Crippen molar-refractivity contribution in [1.82, 2.24) is 20.1 Å². The maximum atomic E-state index is 14.0. The third kappa shape index (κ3) is 9.36. The van der Waals surface area contributed by atoms with E-state index in [4.69, 9.17) is 15.2 Å². The molecule has 1 saturated heterocycles. The molecule has 10 nitrogen and oxygen atoms in total. The summed E-state index contributed by atoms with van der Waals surface area (Å²) in [6, 6.07) is 8.53. The summed E-state index contributed by atoms with van der Waals surface area (Å²) >= 11 is 1.51. The van der Waals surface area contributed by atoms with Crippen LogP contribution in [0.5, 0.6) is 0 Å². The molecule has 3 N–H and O–H groups in total. The van der Waals surface area contributed by atoms with Gasteiger partial charge in [-0.3, -0.25) is 14.4 Å². The second-order valence-electron chi connectivity index (χ2n) is 13.0. The number of benzene rings is 1. The average Bonchev–Trinajstić information content (AvgIpc) is 3.77.